The predicted molar refractivity (Wildman–Crippen MR) is 119 cm³/mol. The average molecular weight is 441 g/mol. The quantitative estimate of drug-likeness (QED) is 0.554. The monoisotopic (exact) mass is 440 g/mol. The van der Waals surface area contributed by atoms with E-state index in [4.69, 9.17) is 38.0 Å². The van der Waals surface area contributed by atoms with E-state index in [1.165, 1.54) is 0 Å². The molecule has 152 valence electrons. The van der Waals surface area contributed by atoms with Crippen molar-refractivity contribution in [3.8, 4) is 23.0 Å². The van der Waals surface area contributed by atoms with Crippen LogP contribution in [0.4, 0.5) is 5.69 Å². The summed E-state index contributed by atoms with van der Waals surface area (Å²) in [4.78, 5) is 12.4. The largest absolute Gasteiger partial charge is 0.486 e. The van der Waals surface area contributed by atoms with Crippen molar-refractivity contribution in [1.82, 2.24) is 5.32 Å². The SMILES string of the molecule is O=C(NC(=S)Nc1ccc(Oc2ccc(Cl)cc2)cc1)c1ccc2c(c1)OCCO2. The van der Waals surface area contributed by atoms with E-state index in [1.807, 2.05) is 0 Å². The van der Waals surface area contributed by atoms with Crippen LogP contribution in [-0.4, -0.2) is 24.2 Å². The Kier molecular flexibility index (Phi) is 6.02. The van der Waals surface area contributed by atoms with E-state index in [2.05, 4.69) is 10.6 Å². The lowest BCUT2D eigenvalue weighted by molar-refractivity contribution is 0.0976. The fraction of sp³-hybridized carbons (Fsp3) is 0.0909. The summed E-state index contributed by atoms with van der Waals surface area (Å²) in [5.41, 5.74) is 1.14. The van der Waals surface area contributed by atoms with Gasteiger partial charge < -0.3 is 19.5 Å². The van der Waals surface area contributed by atoms with Gasteiger partial charge in [0.1, 0.15) is 24.7 Å². The molecule has 1 aliphatic heterocycles. The summed E-state index contributed by atoms with van der Waals surface area (Å²) in [5.74, 6) is 2.17. The molecule has 1 amide bonds. The number of ether oxygens (including phenoxy) is 3. The van der Waals surface area contributed by atoms with Gasteiger partial charge in [-0.3, -0.25) is 10.1 Å². The van der Waals surface area contributed by atoms with Crippen molar-refractivity contribution >= 4 is 40.5 Å². The third kappa shape index (κ3) is 5.00. The molecule has 4 rings (SSSR count). The highest BCUT2D eigenvalue weighted by Gasteiger charge is 2.15. The standard InChI is InChI=1S/C22H17ClN2O4S/c23-15-2-6-17(7-3-15)29-18-8-4-16(5-9-18)24-22(30)25-21(26)14-1-10-19-20(13-14)28-12-11-27-19/h1-10,13H,11-12H2,(H2,24,25,26,30). The Morgan fingerprint density at radius 1 is 0.900 bits per heavy atom. The first-order valence-electron chi connectivity index (χ1n) is 9.12. The third-order valence-electron chi connectivity index (χ3n) is 4.19. The summed E-state index contributed by atoms with van der Waals surface area (Å²) < 4.78 is 16.7. The number of hydrogen-bond donors (Lipinski definition) is 2. The van der Waals surface area contributed by atoms with E-state index in [0.717, 1.165) is 0 Å². The van der Waals surface area contributed by atoms with E-state index in [9.17, 15) is 4.79 Å². The number of halogens is 1. The molecule has 1 heterocycles. The number of thiocarbonyl (C=S) groups is 1. The van der Waals surface area contributed by atoms with Crippen molar-refractivity contribution in [2.45, 2.75) is 0 Å². The van der Waals surface area contributed by atoms with Gasteiger partial charge >= 0.3 is 0 Å². The Labute approximate surface area is 183 Å². The van der Waals surface area contributed by atoms with Crippen molar-refractivity contribution in [3.63, 3.8) is 0 Å². The van der Waals surface area contributed by atoms with Gasteiger partial charge in [0, 0.05) is 16.3 Å². The van der Waals surface area contributed by atoms with E-state index in [0.29, 0.717) is 52.5 Å². The van der Waals surface area contributed by atoms with Crippen LogP contribution in [0, 0.1) is 0 Å². The van der Waals surface area contributed by atoms with Crippen molar-refractivity contribution < 1.29 is 19.0 Å². The zero-order valence-corrected chi connectivity index (χ0v) is 17.3. The minimum Gasteiger partial charge on any atom is -0.486 e. The lowest BCUT2D eigenvalue weighted by Crippen LogP contribution is -2.34. The molecule has 6 nitrogen and oxygen atoms in total. The van der Waals surface area contributed by atoms with Gasteiger partial charge in [-0.1, -0.05) is 11.6 Å². The molecule has 1 aliphatic rings. The highest BCUT2D eigenvalue weighted by atomic mass is 35.5. The van der Waals surface area contributed by atoms with Gasteiger partial charge in [0.2, 0.25) is 0 Å². The normalized spacial score (nSPS) is 12.0. The maximum Gasteiger partial charge on any atom is 0.257 e. The Bertz CT molecular complexity index is 1070. The van der Waals surface area contributed by atoms with Gasteiger partial charge in [0.25, 0.3) is 5.91 Å². The molecule has 30 heavy (non-hydrogen) atoms. The number of rotatable bonds is 4. The molecule has 0 aromatic heterocycles. The maximum atomic E-state index is 12.4. The zero-order chi connectivity index (χ0) is 20.9. The lowest BCUT2D eigenvalue weighted by atomic mass is 10.2. The Hall–Kier alpha value is -3.29. The number of carbonyl (C=O) groups excluding carboxylic acids is 1. The number of benzene rings is 3. The minimum absolute atomic E-state index is 0.182. The first kappa shape index (κ1) is 20.0. The number of carbonyl (C=O) groups is 1. The zero-order valence-electron chi connectivity index (χ0n) is 15.7. The molecule has 3 aromatic carbocycles. The highest BCUT2D eigenvalue weighted by molar-refractivity contribution is 7.80. The molecular formula is C22H17ClN2O4S. The Morgan fingerprint density at radius 3 is 2.23 bits per heavy atom. The van der Waals surface area contributed by atoms with Crippen LogP contribution < -0.4 is 24.8 Å². The van der Waals surface area contributed by atoms with Crippen molar-refractivity contribution in [1.29, 1.82) is 0 Å². The summed E-state index contributed by atoms with van der Waals surface area (Å²) in [5, 5.41) is 6.46. The molecule has 0 unspecified atom stereocenters. The summed E-state index contributed by atoms with van der Waals surface area (Å²) in [7, 11) is 0. The first-order valence-corrected chi connectivity index (χ1v) is 9.91. The summed E-state index contributed by atoms with van der Waals surface area (Å²) in [6.07, 6.45) is 0. The predicted octanol–water partition coefficient (Wildman–Crippen LogP) is 5.03. The second-order valence-electron chi connectivity index (χ2n) is 6.35. The van der Waals surface area contributed by atoms with Crippen molar-refractivity contribution in [2.24, 2.45) is 0 Å². The molecule has 8 heteroatoms. The minimum atomic E-state index is -0.341. The molecule has 0 bridgehead atoms. The van der Waals surface area contributed by atoms with Gasteiger partial charge in [-0.15, -0.1) is 0 Å². The van der Waals surface area contributed by atoms with Crippen LogP contribution in [-0.2, 0) is 0 Å². The van der Waals surface area contributed by atoms with E-state index in [1.54, 1.807) is 66.7 Å². The number of fused-ring (bicyclic) bond motifs is 1. The van der Waals surface area contributed by atoms with Crippen LogP contribution in [0.1, 0.15) is 10.4 Å². The van der Waals surface area contributed by atoms with Crippen LogP contribution >= 0.6 is 23.8 Å². The smallest absolute Gasteiger partial charge is 0.257 e. The van der Waals surface area contributed by atoms with Gasteiger partial charge in [-0.05, 0) is 78.9 Å². The van der Waals surface area contributed by atoms with Gasteiger partial charge in [0.05, 0.1) is 0 Å². The first-order chi connectivity index (χ1) is 14.6. The second kappa shape index (κ2) is 9.02. The summed E-state index contributed by atoms with van der Waals surface area (Å²) >= 11 is 11.1. The molecule has 3 aromatic rings. The third-order valence-corrected chi connectivity index (χ3v) is 4.65. The van der Waals surface area contributed by atoms with Crippen molar-refractivity contribution in [3.05, 3.63) is 77.3 Å². The molecule has 2 N–H and O–H groups in total. The van der Waals surface area contributed by atoms with Crippen LogP contribution in [0.25, 0.3) is 0 Å². The number of nitrogens with one attached hydrogen (secondary N) is 2. The maximum absolute atomic E-state index is 12.4. The molecule has 0 spiro atoms. The second-order valence-corrected chi connectivity index (χ2v) is 7.19. The van der Waals surface area contributed by atoms with Crippen LogP contribution in [0.3, 0.4) is 0 Å². The lowest BCUT2D eigenvalue weighted by Gasteiger charge is -2.18. The Balaban J connectivity index is 1.33. The van der Waals surface area contributed by atoms with Gasteiger partial charge in [-0.25, -0.2) is 0 Å². The van der Waals surface area contributed by atoms with Crippen molar-refractivity contribution in [2.75, 3.05) is 18.5 Å². The summed E-state index contributed by atoms with van der Waals surface area (Å²) in [6, 6.07) is 19.3. The number of amides is 1. The van der Waals surface area contributed by atoms with Crippen LogP contribution in [0.5, 0.6) is 23.0 Å². The van der Waals surface area contributed by atoms with Gasteiger partial charge in [0.15, 0.2) is 16.6 Å². The number of hydrogen-bond acceptors (Lipinski definition) is 5. The van der Waals surface area contributed by atoms with Crippen LogP contribution in [0.2, 0.25) is 5.02 Å². The molecule has 0 radical (unpaired) electrons. The molecular weight excluding hydrogens is 424 g/mol. The molecule has 0 atom stereocenters. The molecule has 0 saturated heterocycles. The fourth-order valence-electron chi connectivity index (χ4n) is 2.77. The number of anilines is 1. The molecule has 0 saturated carbocycles. The molecule has 0 aliphatic carbocycles. The van der Waals surface area contributed by atoms with E-state index >= 15 is 0 Å². The summed E-state index contributed by atoms with van der Waals surface area (Å²) in [6.45, 7) is 0.950. The van der Waals surface area contributed by atoms with E-state index < -0.39 is 0 Å². The van der Waals surface area contributed by atoms with E-state index in [-0.39, 0.29) is 11.0 Å². The topological polar surface area (TPSA) is 68.8 Å². The molecule has 0 fully saturated rings. The Morgan fingerprint density at radius 2 is 1.53 bits per heavy atom. The van der Waals surface area contributed by atoms with Gasteiger partial charge in [-0.2, -0.15) is 0 Å². The van der Waals surface area contributed by atoms with Crippen LogP contribution in [0.15, 0.2) is 66.7 Å². The highest BCUT2D eigenvalue weighted by Crippen LogP contribution is 2.30. The average Bonchev–Trinajstić information content (AvgIpc) is 2.76. The fourth-order valence-corrected chi connectivity index (χ4v) is 3.10.